The molecular weight excluding hydrogens is 346 g/mol. The highest BCUT2D eigenvalue weighted by Crippen LogP contribution is 2.36. The number of carbonyl (C=O) groups is 1. The lowest BCUT2D eigenvalue weighted by Gasteiger charge is -2.16. The van der Waals surface area contributed by atoms with Gasteiger partial charge < -0.3 is 18.9 Å². The van der Waals surface area contributed by atoms with Crippen LogP contribution in [0.4, 0.5) is 5.69 Å². The lowest BCUT2D eigenvalue weighted by molar-refractivity contribution is -0.117. The van der Waals surface area contributed by atoms with Gasteiger partial charge in [-0.2, -0.15) is 4.98 Å². The lowest BCUT2D eigenvalue weighted by atomic mass is 10.1. The van der Waals surface area contributed by atoms with Crippen molar-refractivity contribution in [3.05, 3.63) is 53.9 Å². The maximum absolute atomic E-state index is 12.5. The van der Waals surface area contributed by atoms with Crippen LogP contribution in [0, 0.1) is 6.92 Å². The molecule has 1 atom stereocenters. The Bertz CT molecular complexity index is 1010. The zero-order valence-corrected chi connectivity index (χ0v) is 14.7. The van der Waals surface area contributed by atoms with Crippen molar-refractivity contribution in [2.75, 3.05) is 18.2 Å². The Morgan fingerprint density at radius 3 is 2.74 bits per heavy atom. The number of aryl methyl sites for hydroxylation is 1. The van der Waals surface area contributed by atoms with Crippen LogP contribution in [0.2, 0.25) is 0 Å². The number of carbonyl (C=O) groups excluding carboxylic acids is 1. The number of aromatic nitrogens is 2. The van der Waals surface area contributed by atoms with E-state index in [-0.39, 0.29) is 18.6 Å². The third-order valence-corrected chi connectivity index (χ3v) is 4.89. The Morgan fingerprint density at radius 2 is 1.89 bits per heavy atom. The summed E-state index contributed by atoms with van der Waals surface area (Å²) < 4.78 is 16.2. The number of ether oxygens (including phenoxy) is 2. The van der Waals surface area contributed by atoms with Crippen molar-refractivity contribution in [3.63, 3.8) is 0 Å². The van der Waals surface area contributed by atoms with E-state index in [0.29, 0.717) is 36.2 Å². The second-order valence-corrected chi connectivity index (χ2v) is 6.77. The maximum Gasteiger partial charge on any atom is 0.232 e. The molecule has 1 saturated heterocycles. The molecule has 7 heteroatoms. The van der Waals surface area contributed by atoms with E-state index in [1.807, 2.05) is 49.4 Å². The highest BCUT2D eigenvalue weighted by molar-refractivity contribution is 5.96. The van der Waals surface area contributed by atoms with Crippen molar-refractivity contribution < 1.29 is 18.8 Å². The van der Waals surface area contributed by atoms with Gasteiger partial charge in [-0.1, -0.05) is 22.9 Å². The first-order chi connectivity index (χ1) is 13.2. The van der Waals surface area contributed by atoms with Gasteiger partial charge in [0.25, 0.3) is 0 Å². The zero-order chi connectivity index (χ0) is 18.4. The molecule has 0 saturated carbocycles. The molecule has 1 fully saturated rings. The van der Waals surface area contributed by atoms with Crippen molar-refractivity contribution in [2.24, 2.45) is 0 Å². The van der Waals surface area contributed by atoms with E-state index < -0.39 is 0 Å². The van der Waals surface area contributed by atoms with Crippen molar-refractivity contribution in [2.45, 2.75) is 19.3 Å². The maximum atomic E-state index is 12.5. The summed E-state index contributed by atoms with van der Waals surface area (Å²) in [6, 6.07) is 13.4. The minimum Gasteiger partial charge on any atom is -0.454 e. The standard InChI is InChI=1S/C20H17N3O4/c1-12-2-5-15(6-3-12)23-10-14(9-18(23)24)20-21-19(22-27-20)13-4-7-16-17(8-13)26-11-25-16/h2-8,14H,9-11H2,1H3. The van der Waals surface area contributed by atoms with E-state index in [1.165, 1.54) is 0 Å². The number of hydrogen-bond donors (Lipinski definition) is 0. The monoisotopic (exact) mass is 363 g/mol. The molecule has 2 aromatic carbocycles. The number of nitrogens with zero attached hydrogens (tertiary/aromatic N) is 3. The van der Waals surface area contributed by atoms with Crippen molar-refractivity contribution in [3.8, 4) is 22.9 Å². The third-order valence-electron chi connectivity index (χ3n) is 4.89. The van der Waals surface area contributed by atoms with Gasteiger partial charge in [-0.05, 0) is 37.3 Å². The molecule has 1 amide bonds. The number of benzene rings is 2. The quantitative estimate of drug-likeness (QED) is 0.711. The van der Waals surface area contributed by atoms with Crippen LogP contribution in [-0.4, -0.2) is 29.4 Å². The number of fused-ring (bicyclic) bond motifs is 1. The summed E-state index contributed by atoms with van der Waals surface area (Å²) in [5.74, 6) is 2.27. The first kappa shape index (κ1) is 15.9. The van der Waals surface area contributed by atoms with Crippen LogP contribution in [0.3, 0.4) is 0 Å². The van der Waals surface area contributed by atoms with Crippen LogP contribution in [0.5, 0.6) is 11.5 Å². The predicted molar refractivity (Wildman–Crippen MR) is 96.7 cm³/mol. The second kappa shape index (κ2) is 6.12. The third kappa shape index (κ3) is 2.81. The summed E-state index contributed by atoms with van der Waals surface area (Å²) in [6.45, 7) is 2.77. The molecule has 7 nitrogen and oxygen atoms in total. The van der Waals surface area contributed by atoms with Gasteiger partial charge in [0.1, 0.15) is 0 Å². The molecule has 2 aliphatic rings. The molecule has 136 valence electrons. The fourth-order valence-corrected chi connectivity index (χ4v) is 3.40. The van der Waals surface area contributed by atoms with E-state index in [9.17, 15) is 4.79 Å². The minimum absolute atomic E-state index is 0.0617. The molecule has 0 aliphatic carbocycles. The van der Waals surface area contributed by atoms with E-state index in [1.54, 1.807) is 4.90 Å². The Kier molecular flexibility index (Phi) is 3.60. The van der Waals surface area contributed by atoms with Gasteiger partial charge in [0, 0.05) is 24.2 Å². The molecular formula is C20H17N3O4. The average Bonchev–Trinajstić information content (AvgIpc) is 3.41. The van der Waals surface area contributed by atoms with Gasteiger partial charge in [0.05, 0.1) is 5.92 Å². The fraction of sp³-hybridized carbons (Fsp3) is 0.250. The topological polar surface area (TPSA) is 77.7 Å². The van der Waals surface area contributed by atoms with Gasteiger partial charge in [-0.3, -0.25) is 4.79 Å². The molecule has 27 heavy (non-hydrogen) atoms. The molecule has 3 heterocycles. The summed E-state index contributed by atoms with van der Waals surface area (Å²) in [4.78, 5) is 18.7. The Morgan fingerprint density at radius 1 is 1.07 bits per heavy atom. The Hall–Kier alpha value is -3.35. The van der Waals surface area contributed by atoms with Gasteiger partial charge in [0.2, 0.25) is 24.4 Å². The van der Waals surface area contributed by atoms with Crippen LogP contribution in [-0.2, 0) is 4.79 Å². The van der Waals surface area contributed by atoms with Gasteiger partial charge in [0.15, 0.2) is 11.5 Å². The number of hydrogen-bond acceptors (Lipinski definition) is 6. The molecule has 0 spiro atoms. The van der Waals surface area contributed by atoms with Crippen molar-refractivity contribution >= 4 is 11.6 Å². The summed E-state index contributed by atoms with van der Waals surface area (Å²) >= 11 is 0. The zero-order valence-electron chi connectivity index (χ0n) is 14.7. The van der Waals surface area contributed by atoms with Crippen LogP contribution in [0.25, 0.3) is 11.4 Å². The second-order valence-electron chi connectivity index (χ2n) is 6.77. The number of anilines is 1. The lowest BCUT2D eigenvalue weighted by Crippen LogP contribution is -2.24. The van der Waals surface area contributed by atoms with Crippen LogP contribution in [0.1, 0.15) is 23.8 Å². The van der Waals surface area contributed by atoms with Crippen LogP contribution < -0.4 is 14.4 Å². The fourth-order valence-electron chi connectivity index (χ4n) is 3.40. The van der Waals surface area contributed by atoms with Gasteiger partial charge in [-0.25, -0.2) is 0 Å². The summed E-state index contributed by atoms with van der Waals surface area (Å²) in [6.07, 6.45) is 0.358. The molecule has 1 aromatic heterocycles. The van der Waals surface area contributed by atoms with Gasteiger partial charge in [-0.15, -0.1) is 0 Å². The molecule has 2 aliphatic heterocycles. The summed E-state index contributed by atoms with van der Waals surface area (Å²) in [5, 5.41) is 4.08. The van der Waals surface area contributed by atoms with Gasteiger partial charge >= 0.3 is 0 Å². The van der Waals surface area contributed by atoms with Crippen molar-refractivity contribution in [1.82, 2.24) is 10.1 Å². The predicted octanol–water partition coefficient (Wildman–Crippen LogP) is 3.29. The smallest absolute Gasteiger partial charge is 0.232 e. The number of amides is 1. The molecule has 3 aromatic rings. The summed E-state index contributed by atoms with van der Waals surface area (Å²) in [7, 11) is 0. The van der Waals surface area contributed by atoms with E-state index >= 15 is 0 Å². The number of rotatable bonds is 3. The summed E-state index contributed by atoms with van der Waals surface area (Å²) in [5.41, 5.74) is 2.84. The Labute approximate surface area is 155 Å². The first-order valence-corrected chi connectivity index (χ1v) is 8.78. The normalized spacial score (nSPS) is 18.3. The van der Waals surface area contributed by atoms with E-state index in [4.69, 9.17) is 14.0 Å². The average molecular weight is 363 g/mol. The molecule has 0 N–H and O–H groups in total. The Balaban J connectivity index is 1.37. The SMILES string of the molecule is Cc1ccc(N2CC(c3nc(-c4ccc5c(c4)OCO5)no3)CC2=O)cc1. The van der Waals surface area contributed by atoms with E-state index in [2.05, 4.69) is 10.1 Å². The van der Waals surface area contributed by atoms with Crippen LogP contribution in [0.15, 0.2) is 47.0 Å². The first-order valence-electron chi connectivity index (χ1n) is 8.78. The molecule has 0 radical (unpaired) electrons. The highest BCUT2D eigenvalue weighted by atomic mass is 16.7. The van der Waals surface area contributed by atoms with Crippen LogP contribution >= 0.6 is 0 Å². The highest BCUT2D eigenvalue weighted by Gasteiger charge is 2.35. The minimum atomic E-state index is -0.117. The largest absolute Gasteiger partial charge is 0.454 e. The molecule has 0 bridgehead atoms. The molecule has 5 rings (SSSR count). The van der Waals surface area contributed by atoms with E-state index in [0.717, 1.165) is 16.8 Å². The van der Waals surface area contributed by atoms with Crippen molar-refractivity contribution in [1.29, 1.82) is 0 Å². The molecule has 1 unspecified atom stereocenters.